The first-order valence-electron chi connectivity index (χ1n) is 6.29. The summed E-state index contributed by atoms with van der Waals surface area (Å²) in [4.78, 5) is 13.3. The fourth-order valence-electron chi connectivity index (χ4n) is 1.80. The molecule has 1 unspecified atom stereocenters. The number of carbonyl (C=O) groups is 1. The van der Waals surface area contributed by atoms with Gasteiger partial charge in [-0.1, -0.05) is 0 Å². The quantitative estimate of drug-likeness (QED) is 0.813. The predicted octanol–water partition coefficient (Wildman–Crippen LogP) is 0.976. The van der Waals surface area contributed by atoms with Crippen LogP contribution in [0.3, 0.4) is 0 Å². The average molecular weight is 282 g/mol. The number of phenols is 1. The van der Waals surface area contributed by atoms with Crippen LogP contribution in [0.5, 0.6) is 17.2 Å². The molecule has 0 saturated heterocycles. The van der Waals surface area contributed by atoms with Crippen molar-refractivity contribution < 1.29 is 19.4 Å². The van der Waals surface area contributed by atoms with E-state index in [0.29, 0.717) is 18.0 Å². The van der Waals surface area contributed by atoms with Crippen LogP contribution in [0.15, 0.2) is 12.1 Å². The molecule has 6 heteroatoms. The van der Waals surface area contributed by atoms with E-state index in [1.54, 1.807) is 33.2 Å². The number of rotatable bonds is 6. The molecule has 0 spiro atoms. The van der Waals surface area contributed by atoms with Crippen molar-refractivity contribution in [1.29, 1.82) is 0 Å². The number of aromatic hydroxyl groups is 1. The Morgan fingerprint density at radius 3 is 2.20 bits per heavy atom. The normalized spacial score (nSPS) is 11.8. The summed E-state index contributed by atoms with van der Waals surface area (Å²) in [7, 11) is 6.38. The smallest absolute Gasteiger partial charge is 0.238 e. The van der Waals surface area contributed by atoms with E-state index < -0.39 is 0 Å². The second kappa shape index (κ2) is 7.00. The number of likely N-dealkylation sites (N-methyl/N-ethyl adjacent to an activating group) is 1. The van der Waals surface area contributed by atoms with Crippen LogP contribution in [0.2, 0.25) is 0 Å². The molecule has 1 aromatic carbocycles. The molecular formula is C14H22N2O4. The first-order valence-corrected chi connectivity index (χ1v) is 6.29. The van der Waals surface area contributed by atoms with Crippen molar-refractivity contribution in [2.24, 2.45) is 0 Å². The first kappa shape index (κ1) is 16.1. The predicted molar refractivity (Wildman–Crippen MR) is 76.2 cm³/mol. The van der Waals surface area contributed by atoms with Crippen LogP contribution in [0, 0.1) is 0 Å². The lowest BCUT2D eigenvalue weighted by Crippen LogP contribution is -2.41. The molecule has 20 heavy (non-hydrogen) atoms. The number of hydrogen-bond donors (Lipinski definition) is 2. The van der Waals surface area contributed by atoms with Gasteiger partial charge >= 0.3 is 0 Å². The summed E-state index contributed by atoms with van der Waals surface area (Å²) >= 11 is 0. The summed E-state index contributed by atoms with van der Waals surface area (Å²) in [6.45, 7) is 2.27. The molecule has 0 aliphatic carbocycles. The van der Waals surface area contributed by atoms with Gasteiger partial charge in [-0.3, -0.25) is 4.79 Å². The van der Waals surface area contributed by atoms with Crippen molar-refractivity contribution in [3.8, 4) is 17.2 Å². The van der Waals surface area contributed by atoms with Crippen molar-refractivity contribution >= 4 is 5.91 Å². The van der Waals surface area contributed by atoms with Crippen molar-refractivity contribution in [3.63, 3.8) is 0 Å². The van der Waals surface area contributed by atoms with Gasteiger partial charge in [0.1, 0.15) is 0 Å². The van der Waals surface area contributed by atoms with E-state index in [0.717, 1.165) is 5.56 Å². The Labute approximate surface area is 119 Å². The van der Waals surface area contributed by atoms with Gasteiger partial charge in [0.05, 0.1) is 20.3 Å². The number of hydrogen-bond acceptors (Lipinski definition) is 5. The minimum Gasteiger partial charge on any atom is -0.502 e. The van der Waals surface area contributed by atoms with Gasteiger partial charge in [0, 0.05) is 20.6 Å². The minimum absolute atomic E-state index is 0.00251. The SMILES string of the molecule is COc1cc(CNC(C)C(=O)N(C)C)cc(OC)c1O. The number of benzene rings is 1. The molecule has 0 fully saturated rings. The Kier molecular flexibility index (Phi) is 5.64. The second-order valence-corrected chi connectivity index (χ2v) is 4.68. The number of methoxy groups -OCH3 is 2. The molecule has 0 bridgehead atoms. The van der Waals surface area contributed by atoms with Gasteiger partial charge in [0.2, 0.25) is 11.7 Å². The highest BCUT2D eigenvalue weighted by Crippen LogP contribution is 2.36. The summed E-state index contributed by atoms with van der Waals surface area (Å²) in [5.74, 6) is 0.652. The average Bonchev–Trinajstić information content (AvgIpc) is 2.44. The zero-order chi connectivity index (χ0) is 15.3. The van der Waals surface area contributed by atoms with Gasteiger partial charge in [-0.2, -0.15) is 0 Å². The van der Waals surface area contributed by atoms with Gasteiger partial charge in [0.25, 0.3) is 0 Å². The highest BCUT2D eigenvalue weighted by Gasteiger charge is 2.15. The van der Waals surface area contributed by atoms with Crippen LogP contribution in [0.1, 0.15) is 12.5 Å². The molecule has 0 radical (unpaired) electrons. The first-order chi connectivity index (χ1) is 9.40. The lowest BCUT2D eigenvalue weighted by molar-refractivity contribution is -0.130. The van der Waals surface area contributed by atoms with Crippen LogP contribution in [0.25, 0.3) is 0 Å². The topological polar surface area (TPSA) is 71.0 Å². The lowest BCUT2D eigenvalue weighted by Gasteiger charge is -2.18. The molecule has 112 valence electrons. The molecule has 1 amide bonds. The Morgan fingerprint density at radius 1 is 1.30 bits per heavy atom. The summed E-state index contributed by atoms with van der Waals surface area (Å²) in [6, 6.07) is 3.12. The Bertz CT molecular complexity index is 449. The number of nitrogens with one attached hydrogen (secondary N) is 1. The molecule has 6 nitrogen and oxygen atoms in total. The molecule has 1 rings (SSSR count). The van der Waals surface area contributed by atoms with Gasteiger partial charge in [-0.05, 0) is 24.6 Å². The number of ether oxygens (including phenoxy) is 2. The number of nitrogens with zero attached hydrogens (tertiary/aromatic N) is 1. The zero-order valence-corrected chi connectivity index (χ0v) is 12.6. The minimum atomic E-state index is -0.296. The Balaban J connectivity index is 2.80. The number of phenolic OH excluding ortho intramolecular Hbond substituents is 1. The molecule has 0 heterocycles. The number of carbonyl (C=O) groups excluding carboxylic acids is 1. The van der Waals surface area contributed by atoms with E-state index >= 15 is 0 Å². The molecular weight excluding hydrogens is 260 g/mol. The molecule has 2 N–H and O–H groups in total. The lowest BCUT2D eigenvalue weighted by atomic mass is 10.1. The highest BCUT2D eigenvalue weighted by atomic mass is 16.5. The summed E-state index contributed by atoms with van der Waals surface area (Å²) < 4.78 is 10.2. The van der Waals surface area contributed by atoms with Gasteiger partial charge in [-0.15, -0.1) is 0 Å². The maximum absolute atomic E-state index is 11.7. The molecule has 1 atom stereocenters. The van der Waals surface area contributed by atoms with Crippen LogP contribution in [0.4, 0.5) is 0 Å². The van der Waals surface area contributed by atoms with E-state index in [-0.39, 0.29) is 17.7 Å². The third-order valence-electron chi connectivity index (χ3n) is 2.96. The van der Waals surface area contributed by atoms with Gasteiger partial charge < -0.3 is 24.8 Å². The second-order valence-electron chi connectivity index (χ2n) is 4.68. The van der Waals surface area contributed by atoms with Crippen LogP contribution < -0.4 is 14.8 Å². The summed E-state index contributed by atoms with van der Waals surface area (Å²) in [6.07, 6.45) is 0. The van der Waals surface area contributed by atoms with E-state index in [4.69, 9.17) is 9.47 Å². The Morgan fingerprint density at radius 2 is 1.80 bits per heavy atom. The van der Waals surface area contributed by atoms with Gasteiger partial charge in [-0.25, -0.2) is 0 Å². The Hall–Kier alpha value is -1.95. The largest absolute Gasteiger partial charge is 0.502 e. The maximum Gasteiger partial charge on any atom is 0.238 e. The standard InChI is InChI=1S/C14H22N2O4/c1-9(14(18)16(2)3)15-8-10-6-11(19-4)13(17)12(7-10)20-5/h6-7,9,15,17H,8H2,1-5H3. The molecule has 0 saturated carbocycles. The van der Waals surface area contributed by atoms with Crippen LogP contribution >= 0.6 is 0 Å². The van der Waals surface area contributed by atoms with Crippen molar-refractivity contribution in [1.82, 2.24) is 10.2 Å². The zero-order valence-electron chi connectivity index (χ0n) is 12.6. The summed E-state index contributed by atoms with van der Waals surface area (Å²) in [5.41, 5.74) is 0.856. The molecule has 1 aromatic rings. The maximum atomic E-state index is 11.7. The fourth-order valence-corrected chi connectivity index (χ4v) is 1.80. The molecule has 0 aliphatic rings. The molecule has 0 aliphatic heterocycles. The van der Waals surface area contributed by atoms with E-state index in [1.807, 2.05) is 0 Å². The van der Waals surface area contributed by atoms with Crippen molar-refractivity contribution in [2.75, 3.05) is 28.3 Å². The van der Waals surface area contributed by atoms with E-state index in [9.17, 15) is 9.90 Å². The summed E-state index contributed by atoms with van der Waals surface area (Å²) in [5, 5.41) is 12.9. The van der Waals surface area contributed by atoms with E-state index in [1.165, 1.54) is 19.1 Å². The highest BCUT2D eigenvalue weighted by molar-refractivity contribution is 5.80. The third-order valence-corrected chi connectivity index (χ3v) is 2.96. The monoisotopic (exact) mass is 282 g/mol. The van der Waals surface area contributed by atoms with Crippen molar-refractivity contribution in [2.45, 2.75) is 19.5 Å². The molecule has 0 aromatic heterocycles. The van der Waals surface area contributed by atoms with E-state index in [2.05, 4.69) is 5.32 Å². The third kappa shape index (κ3) is 3.77. The van der Waals surface area contributed by atoms with Crippen LogP contribution in [-0.4, -0.2) is 50.3 Å². The van der Waals surface area contributed by atoms with Crippen molar-refractivity contribution in [3.05, 3.63) is 17.7 Å². The number of amides is 1. The van der Waals surface area contributed by atoms with Gasteiger partial charge in [0.15, 0.2) is 11.5 Å². The fraction of sp³-hybridized carbons (Fsp3) is 0.500. The van der Waals surface area contributed by atoms with Crippen LogP contribution in [-0.2, 0) is 11.3 Å².